The Hall–Kier alpha value is -0.650. The lowest BCUT2D eigenvalue weighted by Crippen LogP contribution is -2.50. The molecule has 104 valence electrons. The smallest absolute Gasteiger partial charge is 0.220 e. The summed E-state index contributed by atoms with van der Waals surface area (Å²) in [5.41, 5.74) is 5.51. The maximum absolute atomic E-state index is 11.6. The largest absolute Gasteiger partial charge is 0.373 e. The van der Waals surface area contributed by atoms with Crippen LogP contribution in [0.3, 0.4) is 0 Å². The summed E-state index contributed by atoms with van der Waals surface area (Å²) in [6, 6.07) is 0.620. The van der Waals surface area contributed by atoms with Gasteiger partial charge in [0.25, 0.3) is 0 Å². The number of fused-ring (bicyclic) bond motifs is 1. The fraction of sp³-hybridized carbons (Fsp3) is 0.923. The van der Waals surface area contributed by atoms with Gasteiger partial charge in [-0.15, -0.1) is 0 Å². The molecule has 5 nitrogen and oxygen atoms in total. The van der Waals surface area contributed by atoms with E-state index in [0.29, 0.717) is 25.6 Å². The van der Waals surface area contributed by atoms with Crippen molar-refractivity contribution in [3.05, 3.63) is 0 Å². The zero-order valence-electron chi connectivity index (χ0n) is 11.2. The van der Waals surface area contributed by atoms with Crippen molar-refractivity contribution in [1.29, 1.82) is 0 Å². The second kappa shape index (κ2) is 6.50. The molecule has 0 aromatic heterocycles. The number of nitrogens with two attached hydrogens (primary N) is 1. The Kier molecular flexibility index (Phi) is 4.97. The molecule has 2 heterocycles. The van der Waals surface area contributed by atoms with Crippen LogP contribution in [0.5, 0.6) is 0 Å². The van der Waals surface area contributed by atoms with Gasteiger partial charge in [-0.1, -0.05) is 6.92 Å². The molecular weight excluding hydrogens is 230 g/mol. The van der Waals surface area contributed by atoms with Gasteiger partial charge in [0.15, 0.2) is 0 Å². The standard InChI is InChI=1S/C13H25N3O2/c1-10(6-14)5-13(17)15-7-12-8-16-4-2-3-11(16)9-18-12/h10-12H,2-9,14H2,1H3,(H,15,17). The summed E-state index contributed by atoms with van der Waals surface area (Å²) in [4.78, 5) is 14.1. The molecule has 3 N–H and O–H groups in total. The zero-order valence-corrected chi connectivity index (χ0v) is 11.2. The van der Waals surface area contributed by atoms with Gasteiger partial charge in [-0.25, -0.2) is 0 Å². The average molecular weight is 255 g/mol. The lowest BCUT2D eigenvalue weighted by atomic mass is 10.1. The lowest BCUT2D eigenvalue weighted by Gasteiger charge is -2.35. The van der Waals surface area contributed by atoms with Crippen LogP contribution in [-0.2, 0) is 9.53 Å². The Labute approximate surface area is 109 Å². The number of ether oxygens (including phenoxy) is 1. The van der Waals surface area contributed by atoms with Gasteiger partial charge in [0.2, 0.25) is 5.91 Å². The first kappa shape index (κ1) is 13.8. The summed E-state index contributed by atoms with van der Waals surface area (Å²) in [6.07, 6.45) is 3.19. The monoisotopic (exact) mass is 255 g/mol. The Balaban J connectivity index is 1.66. The van der Waals surface area contributed by atoms with Crippen molar-refractivity contribution in [1.82, 2.24) is 10.2 Å². The fourth-order valence-corrected chi connectivity index (χ4v) is 2.71. The predicted octanol–water partition coefficient (Wildman–Crippen LogP) is -0.0493. The molecule has 2 rings (SSSR count). The van der Waals surface area contributed by atoms with E-state index < -0.39 is 0 Å². The summed E-state index contributed by atoms with van der Waals surface area (Å²) in [6.45, 7) is 6.13. The van der Waals surface area contributed by atoms with E-state index in [9.17, 15) is 4.79 Å². The Morgan fingerprint density at radius 3 is 3.22 bits per heavy atom. The molecule has 5 heteroatoms. The van der Waals surface area contributed by atoms with Crippen LogP contribution in [-0.4, -0.2) is 55.7 Å². The molecule has 0 aromatic carbocycles. The van der Waals surface area contributed by atoms with Crippen molar-refractivity contribution in [2.75, 3.05) is 32.8 Å². The van der Waals surface area contributed by atoms with E-state index in [1.165, 1.54) is 19.4 Å². The Morgan fingerprint density at radius 2 is 2.44 bits per heavy atom. The van der Waals surface area contributed by atoms with Gasteiger partial charge >= 0.3 is 0 Å². The zero-order chi connectivity index (χ0) is 13.0. The topological polar surface area (TPSA) is 67.6 Å². The van der Waals surface area contributed by atoms with E-state index in [1.54, 1.807) is 0 Å². The van der Waals surface area contributed by atoms with Crippen LogP contribution in [0.15, 0.2) is 0 Å². The third-order valence-corrected chi connectivity index (χ3v) is 3.92. The second-order valence-electron chi connectivity index (χ2n) is 5.60. The molecule has 0 bridgehead atoms. The highest BCUT2D eigenvalue weighted by Crippen LogP contribution is 2.22. The number of carbonyl (C=O) groups excluding carboxylic acids is 1. The summed E-state index contributed by atoms with van der Waals surface area (Å²) in [5.74, 6) is 0.334. The number of nitrogens with zero attached hydrogens (tertiary/aromatic N) is 1. The van der Waals surface area contributed by atoms with Crippen LogP contribution in [0.1, 0.15) is 26.2 Å². The fourth-order valence-electron chi connectivity index (χ4n) is 2.71. The third-order valence-electron chi connectivity index (χ3n) is 3.92. The first-order valence-electron chi connectivity index (χ1n) is 7.01. The molecule has 0 saturated carbocycles. The van der Waals surface area contributed by atoms with Gasteiger partial charge < -0.3 is 15.8 Å². The number of rotatable bonds is 5. The third kappa shape index (κ3) is 3.67. The van der Waals surface area contributed by atoms with Crippen molar-refractivity contribution < 1.29 is 9.53 Å². The van der Waals surface area contributed by atoms with E-state index >= 15 is 0 Å². The summed E-state index contributed by atoms with van der Waals surface area (Å²) < 4.78 is 5.79. The SMILES string of the molecule is CC(CN)CC(=O)NCC1CN2CCCC2CO1. The predicted molar refractivity (Wildman–Crippen MR) is 70.2 cm³/mol. The Morgan fingerprint density at radius 1 is 1.61 bits per heavy atom. The number of morpholine rings is 1. The lowest BCUT2D eigenvalue weighted by molar-refractivity contribution is -0.123. The van der Waals surface area contributed by atoms with E-state index in [2.05, 4.69) is 10.2 Å². The van der Waals surface area contributed by atoms with Crippen molar-refractivity contribution in [3.63, 3.8) is 0 Å². The van der Waals surface area contributed by atoms with Gasteiger partial charge in [0, 0.05) is 25.6 Å². The highest BCUT2D eigenvalue weighted by Gasteiger charge is 2.32. The number of hydrogen-bond acceptors (Lipinski definition) is 4. The molecule has 2 aliphatic rings. The summed E-state index contributed by atoms with van der Waals surface area (Å²) in [7, 11) is 0. The molecule has 2 saturated heterocycles. The number of amides is 1. The minimum Gasteiger partial charge on any atom is -0.373 e. The van der Waals surface area contributed by atoms with E-state index in [-0.39, 0.29) is 17.9 Å². The van der Waals surface area contributed by atoms with E-state index in [1.807, 2.05) is 6.92 Å². The molecule has 3 unspecified atom stereocenters. The molecule has 0 radical (unpaired) electrons. The highest BCUT2D eigenvalue weighted by atomic mass is 16.5. The molecule has 18 heavy (non-hydrogen) atoms. The molecule has 3 atom stereocenters. The van der Waals surface area contributed by atoms with E-state index in [0.717, 1.165) is 13.2 Å². The van der Waals surface area contributed by atoms with Crippen LogP contribution in [0.2, 0.25) is 0 Å². The van der Waals surface area contributed by atoms with Crippen LogP contribution in [0.4, 0.5) is 0 Å². The van der Waals surface area contributed by atoms with Gasteiger partial charge in [-0.3, -0.25) is 9.69 Å². The first-order valence-corrected chi connectivity index (χ1v) is 7.01. The van der Waals surface area contributed by atoms with Crippen molar-refractivity contribution >= 4 is 5.91 Å². The molecule has 0 spiro atoms. The average Bonchev–Trinajstić information content (AvgIpc) is 2.83. The molecule has 2 aliphatic heterocycles. The highest BCUT2D eigenvalue weighted by molar-refractivity contribution is 5.76. The van der Waals surface area contributed by atoms with Gasteiger partial charge in [0.1, 0.15) is 0 Å². The van der Waals surface area contributed by atoms with Crippen molar-refractivity contribution in [3.8, 4) is 0 Å². The number of nitrogens with one attached hydrogen (secondary N) is 1. The maximum atomic E-state index is 11.6. The van der Waals surface area contributed by atoms with Gasteiger partial charge in [-0.05, 0) is 31.8 Å². The molecule has 0 aliphatic carbocycles. The molecule has 1 amide bonds. The van der Waals surface area contributed by atoms with Crippen LogP contribution in [0.25, 0.3) is 0 Å². The molecular formula is C13H25N3O2. The second-order valence-corrected chi connectivity index (χ2v) is 5.60. The van der Waals surface area contributed by atoms with Gasteiger partial charge in [0.05, 0.1) is 12.7 Å². The van der Waals surface area contributed by atoms with Crippen molar-refractivity contribution in [2.24, 2.45) is 11.7 Å². The Bertz CT molecular complexity index is 285. The van der Waals surface area contributed by atoms with Crippen LogP contribution < -0.4 is 11.1 Å². The van der Waals surface area contributed by atoms with E-state index in [4.69, 9.17) is 10.5 Å². The summed E-state index contributed by atoms with van der Waals surface area (Å²) in [5, 5.41) is 2.95. The van der Waals surface area contributed by atoms with Crippen LogP contribution in [0, 0.1) is 5.92 Å². The minimum atomic E-state index is 0.0834. The first-order chi connectivity index (χ1) is 8.69. The van der Waals surface area contributed by atoms with Crippen molar-refractivity contribution in [2.45, 2.75) is 38.3 Å². The number of hydrogen-bond donors (Lipinski definition) is 2. The molecule has 2 fully saturated rings. The maximum Gasteiger partial charge on any atom is 0.220 e. The van der Waals surface area contributed by atoms with Crippen LogP contribution >= 0.6 is 0 Å². The summed E-state index contributed by atoms with van der Waals surface area (Å²) >= 11 is 0. The number of carbonyl (C=O) groups is 1. The normalized spacial score (nSPS) is 29.9. The minimum absolute atomic E-state index is 0.0834. The quantitative estimate of drug-likeness (QED) is 0.723. The van der Waals surface area contributed by atoms with Gasteiger partial charge in [-0.2, -0.15) is 0 Å². The molecule has 0 aromatic rings.